The zero-order valence-corrected chi connectivity index (χ0v) is 28.8. The van der Waals surface area contributed by atoms with Gasteiger partial charge in [0.1, 0.15) is 17.4 Å². The van der Waals surface area contributed by atoms with Crippen LogP contribution in [0.5, 0.6) is 5.75 Å². The van der Waals surface area contributed by atoms with E-state index in [2.05, 4.69) is 68.2 Å². The first kappa shape index (κ1) is 32.5. The van der Waals surface area contributed by atoms with Crippen molar-refractivity contribution in [2.24, 2.45) is 17.3 Å². The van der Waals surface area contributed by atoms with E-state index in [0.29, 0.717) is 18.9 Å². The van der Waals surface area contributed by atoms with Gasteiger partial charge in [-0.1, -0.05) is 12.1 Å². The number of fused-ring (bicyclic) bond motifs is 3. The van der Waals surface area contributed by atoms with E-state index in [4.69, 9.17) is 9.72 Å². The number of anilines is 1. The predicted molar refractivity (Wildman–Crippen MR) is 183 cm³/mol. The van der Waals surface area contributed by atoms with Gasteiger partial charge in [-0.15, -0.1) is 0 Å². The third-order valence-corrected chi connectivity index (χ3v) is 11.6. The van der Waals surface area contributed by atoms with Crippen LogP contribution in [0.25, 0.3) is 11.1 Å². The zero-order valence-electron chi connectivity index (χ0n) is 28.8. The molecule has 0 N–H and O–H groups in total. The van der Waals surface area contributed by atoms with E-state index in [1.165, 1.54) is 11.1 Å². The molecule has 46 heavy (non-hydrogen) atoms. The first-order valence-corrected chi connectivity index (χ1v) is 17.4. The number of ketones is 1. The van der Waals surface area contributed by atoms with Gasteiger partial charge in [0.05, 0.1) is 18.8 Å². The smallest absolute Gasteiger partial charge is 0.231 e. The van der Waals surface area contributed by atoms with Gasteiger partial charge in [-0.05, 0) is 150 Å². The van der Waals surface area contributed by atoms with Crippen molar-refractivity contribution in [3.63, 3.8) is 0 Å². The normalized spacial score (nSPS) is 26.1. The molecule has 4 aliphatic rings. The Morgan fingerprint density at radius 2 is 1.67 bits per heavy atom. The number of benzene rings is 1. The highest BCUT2D eigenvalue weighted by Gasteiger charge is 2.51. The van der Waals surface area contributed by atoms with Crippen molar-refractivity contribution in [2.45, 2.75) is 116 Å². The van der Waals surface area contributed by atoms with Gasteiger partial charge in [0.25, 0.3) is 0 Å². The van der Waals surface area contributed by atoms with Crippen molar-refractivity contribution in [3.8, 4) is 16.9 Å². The molecule has 4 aliphatic carbocycles. The molecule has 4 fully saturated rings. The van der Waals surface area contributed by atoms with E-state index < -0.39 is 0 Å². The maximum Gasteiger partial charge on any atom is 0.231 e. The van der Waals surface area contributed by atoms with Crippen LogP contribution >= 0.6 is 0 Å². The van der Waals surface area contributed by atoms with Crippen molar-refractivity contribution < 1.29 is 14.3 Å². The molecule has 7 heteroatoms. The number of carbonyl (C=O) groups is 2. The Kier molecular flexibility index (Phi) is 8.90. The lowest BCUT2D eigenvalue weighted by molar-refractivity contribution is -0.124. The molecule has 0 saturated heterocycles. The maximum atomic E-state index is 14.5. The van der Waals surface area contributed by atoms with E-state index in [0.717, 1.165) is 86.9 Å². The van der Waals surface area contributed by atoms with Gasteiger partial charge in [0.2, 0.25) is 5.91 Å². The molecule has 1 amide bonds. The average molecular weight is 625 g/mol. The second-order valence-electron chi connectivity index (χ2n) is 15.8. The minimum atomic E-state index is -0.113. The summed E-state index contributed by atoms with van der Waals surface area (Å²) in [5, 5.41) is 4.63. The molecule has 0 radical (unpaired) electrons. The summed E-state index contributed by atoms with van der Waals surface area (Å²) in [5.74, 6) is 2.54. The minimum Gasteiger partial charge on any atom is -0.496 e. The number of rotatable bonds is 9. The number of hydrogen-bond acceptors (Lipinski definition) is 5. The Hall–Kier alpha value is -3.48. The highest BCUT2D eigenvalue weighted by molar-refractivity contribution is 5.95. The minimum absolute atomic E-state index is 0.0257. The van der Waals surface area contributed by atoms with Crippen molar-refractivity contribution >= 4 is 17.5 Å². The van der Waals surface area contributed by atoms with Crippen molar-refractivity contribution in [2.75, 3.05) is 18.6 Å². The third-order valence-electron chi connectivity index (χ3n) is 11.6. The number of carbonyl (C=O) groups excluding carboxylic acids is 2. The summed E-state index contributed by atoms with van der Waals surface area (Å²) in [5.41, 5.74) is 4.90. The monoisotopic (exact) mass is 624 g/mol. The molecule has 4 saturated carbocycles. The van der Waals surface area contributed by atoms with Crippen LogP contribution in [0.3, 0.4) is 0 Å². The lowest BCUT2D eigenvalue weighted by Crippen LogP contribution is -2.52. The van der Waals surface area contributed by atoms with E-state index in [-0.39, 0.29) is 34.0 Å². The number of nitrogens with zero attached hydrogens (tertiary/aromatic N) is 4. The van der Waals surface area contributed by atoms with Crippen LogP contribution in [0.1, 0.15) is 109 Å². The second kappa shape index (κ2) is 12.6. The van der Waals surface area contributed by atoms with E-state index in [1.807, 2.05) is 23.1 Å². The molecule has 0 aliphatic heterocycles. The summed E-state index contributed by atoms with van der Waals surface area (Å²) in [6.07, 6.45) is 16.9. The van der Waals surface area contributed by atoms with E-state index >= 15 is 0 Å². The van der Waals surface area contributed by atoms with Crippen LogP contribution < -0.4 is 9.64 Å². The van der Waals surface area contributed by atoms with Gasteiger partial charge in [0.15, 0.2) is 0 Å². The molecule has 0 unspecified atom stereocenters. The predicted octanol–water partition coefficient (Wildman–Crippen LogP) is 8.43. The summed E-state index contributed by atoms with van der Waals surface area (Å²) in [4.78, 5) is 33.2. The highest BCUT2D eigenvalue weighted by Crippen LogP contribution is 2.58. The standard InChI is InChI=1S/C39H52N4O3/c1-27-21-33(11-12-34(27)46-6)39-17-14-38(15-18-39,16-19-39)26-42(36(45)30-9-7-29(8-10-30)22-28(2)44)35-23-31(13-20-40-35)32-24-41-43(25-32)37(3,4)5/h11-13,20-21,23-25,29-30H,7-10,14-19,22,26H2,1-6H3. The average Bonchev–Trinajstić information content (AvgIpc) is 3.56. The largest absolute Gasteiger partial charge is 0.496 e. The van der Waals surface area contributed by atoms with Crippen molar-refractivity contribution in [1.29, 1.82) is 0 Å². The molecule has 0 atom stereocenters. The number of aryl methyl sites for hydroxylation is 1. The summed E-state index contributed by atoms with van der Waals surface area (Å²) >= 11 is 0. The first-order chi connectivity index (χ1) is 21.9. The van der Waals surface area contributed by atoms with Crippen LogP contribution in [0.2, 0.25) is 0 Å². The Balaban J connectivity index is 1.26. The summed E-state index contributed by atoms with van der Waals surface area (Å²) in [7, 11) is 1.74. The molecule has 2 bridgehead atoms. The summed E-state index contributed by atoms with van der Waals surface area (Å²) in [6, 6.07) is 10.9. The number of pyridine rings is 1. The molecule has 2 heterocycles. The number of amides is 1. The summed E-state index contributed by atoms with van der Waals surface area (Å²) < 4.78 is 7.54. The quantitative estimate of drug-likeness (QED) is 0.239. The highest BCUT2D eigenvalue weighted by atomic mass is 16.5. The molecule has 0 spiro atoms. The lowest BCUT2D eigenvalue weighted by Gasteiger charge is -2.55. The van der Waals surface area contributed by atoms with Gasteiger partial charge in [0, 0.05) is 36.8 Å². The Morgan fingerprint density at radius 3 is 2.26 bits per heavy atom. The van der Waals surface area contributed by atoms with Gasteiger partial charge in [-0.2, -0.15) is 5.10 Å². The molecule has 7 rings (SSSR count). The molecular weight excluding hydrogens is 572 g/mol. The van der Waals surface area contributed by atoms with Crippen molar-refractivity contribution in [1.82, 2.24) is 14.8 Å². The van der Waals surface area contributed by atoms with Crippen LogP contribution in [-0.4, -0.2) is 40.1 Å². The fourth-order valence-corrected chi connectivity index (χ4v) is 8.57. The van der Waals surface area contributed by atoms with Crippen LogP contribution in [0.4, 0.5) is 5.82 Å². The third kappa shape index (κ3) is 6.52. The Bertz CT molecular complexity index is 1550. The lowest BCUT2D eigenvalue weighted by atomic mass is 9.51. The maximum absolute atomic E-state index is 14.5. The first-order valence-electron chi connectivity index (χ1n) is 17.4. The fourth-order valence-electron chi connectivity index (χ4n) is 8.57. The van der Waals surface area contributed by atoms with Gasteiger partial charge in [-0.25, -0.2) is 4.98 Å². The Labute approximate surface area is 275 Å². The number of hydrogen-bond donors (Lipinski definition) is 0. The van der Waals surface area contributed by atoms with E-state index in [9.17, 15) is 9.59 Å². The molecule has 1 aromatic carbocycles. The van der Waals surface area contributed by atoms with E-state index in [1.54, 1.807) is 14.0 Å². The van der Waals surface area contributed by atoms with Gasteiger partial charge in [-0.3, -0.25) is 14.4 Å². The second-order valence-corrected chi connectivity index (χ2v) is 15.8. The van der Waals surface area contributed by atoms with Crippen LogP contribution in [0.15, 0.2) is 48.9 Å². The molecule has 246 valence electrons. The number of methoxy groups -OCH3 is 1. The van der Waals surface area contributed by atoms with Gasteiger partial charge >= 0.3 is 0 Å². The number of Topliss-reactive ketones (excluding diaryl/α,β-unsaturated/α-hetero) is 1. The van der Waals surface area contributed by atoms with Crippen LogP contribution in [-0.2, 0) is 20.5 Å². The zero-order chi connectivity index (χ0) is 32.7. The SMILES string of the molecule is COc1ccc(C23CCC(CN(C(=O)C4CCC(CC(C)=O)CC4)c4cc(-c5cnn(C(C)(C)C)c5)ccn4)(CC2)CC3)cc1C. The fraction of sp³-hybridized carbons (Fsp3) is 0.590. The topological polar surface area (TPSA) is 77.3 Å². The summed E-state index contributed by atoms with van der Waals surface area (Å²) in [6.45, 7) is 11.0. The van der Waals surface area contributed by atoms with Gasteiger partial charge < -0.3 is 9.53 Å². The van der Waals surface area contributed by atoms with Crippen LogP contribution in [0, 0.1) is 24.2 Å². The number of ether oxygens (including phenoxy) is 1. The molecular formula is C39H52N4O3. The molecule has 3 aromatic rings. The molecule has 2 aromatic heterocycles. The molecule has 7 nitrogen and oxygen atoms in total. The Morgan fingerprint density at radius 1 is 0.978 bits per heavy atom. The van der Waals surface area contributed by atoms with Crippen molar-refractivity contribution in [3.05, 3.63) is 60.0 Å². The number of aromatic nitrogens is 3.